The number of esters is 2. The molecule has 0 saturated heterocycles. The third-order valence-corrected chi connectivity index (χ3v) is 12.7. The molecule has 2 fully saturated rings. The molecule has 320 valence electrons. The second-order valence-corrected chi connectivity index (χ2v) is 17.5. The number of rotatable bonds is 20. The second-order valence-electron chi connectivity index (χ2n) is 16.5. The monoisotopic (exact) mass is 839 g/mol. The lowest BCUT2D eigenvalue weighted by Crippen LogP contribution is -2.27. The Morgan fingerprint density at radius 1 is 0.800 bits per heavy atom. The summed E-state index contributed by atoms with van der Waals surface area (Å²) in [6.45, 7) is 11.8. The molecule has 3 aromatic carbocycles. The fourth-order valence-corrected chi connectivity index (χ4v) is 9.01. The maximum atomic E-state index is 13.6. The van der Waals surface area contributed by atoms with Gasteiger partial charge in [-0.25, -0.2) is 9.78 Å². The third-order valence-electron chi connectivity index (χ3n) is 11.6. The van der Waals surface area contributed by atoms with E-state index in [9.17, 15) is 9.59 Å². The van der Waals surface area contributed by atoms with Gasteiger partial charge in [-0.3, -0.25) is 4.79 Å². The van der Waals surface area contributed by atoms with Crippen molar-refractivity contribution in [3.05, 3.63) is 78.4 Å². The number of nitrogens with zero attached hydrogens (tertiary/aromatic N) is 1. The summed E-state index contributed by atoms with van der Waals surface area (Å²) in [5.74, 6) is 3.60. The maximum Gasteiger partial charge on any atom is 0.330 e. The fourth-order valence-electron chi connectivity index (χ4n) is 8.02. The fraction of sp³-hybridized carbons (Fsp3) is 0.479. The van der Waals surface area contributed by atoms with Crippen molar-refractivity contribution in [2.75, 3.05) is 26.4 Å². The van der Waals surface area contributed by atoms with Crippen LogP contribution in [-0.4, -0.2) is 43.4 Å². The molecule has 0 amide bonds. The summed E-state index contributed by atoms with van der Waals surface area (Å²) in [6.07, 6.45) is 12.6. The number of furan rings is 1. The summed E-state index contributed by atoms with van der Waals surface area (Å²) in [7, 11) is 0. The highest BCUT2D eigenvalue weighted by atomic mass is 32.1. The molecule has 12 heteroatoms. The Kier molecular flexibility index (Phi) is 15.2. The standard InChI is InChI=1S/C48H57NO10S/c1-5-44(50)53-25-9-7-6-8-24-52-37-18-20-38(21-19-37)58-54-29-35-14-16-36(17-15-35)48(51)57-41-23-22-40(59-55-30-34-12-10-31(2)11-13-34)45-46(41)60-47(49-45)43-28-39-33(4)26-32(3)27-42(39)56-43/h5,18-23,26-28,31,34-36H,1,6-17,24-25,29-30H2,2-4H3. The van der Waals surface area contributed by atoms with E-state index in [0.717, 1.165) is 85.1 Å². The van der Waals surface area contributed by atoms with Crippen LogP contribution >= 0.6 is 11.3 Å². The lowest BCUT2D eigenvalue weighted by atomic mass is 9.82. The molecule has 0 unspecified atom stereocenters. The van der Waals surface area contributed by atoms with E-state index in [1.54, 1.807) is 12.1 Å². The molecule has 2 saturated carbocycles. The van der Waals surface area contributed by atoms with Crippen LogP contribution in [0.1, 0.15) is 95.1 Å². The third kappa shape index (κ3) is 11.7. The molecule has 7 rings (SSSR count). The highest BCUT2D eigenvalue weighted by molar-refractivity contribution is 7.22. The summed E-state index contributed by atoms with van der Waals surface area (Å²) >= 11 is 1.41. The van der Waals surface area contributed by atoms with E-state index >= 15 is 0 Å². The van der Waals surface area contributed by atoms with Crippen LogP contribution in [0.25, 0.3) is 32.0 Å². The molecule has 0 atom stereocenters. The minimum Gasteiger partial charge on any atom is -0.494 e. The van der Waals surface area contributed by atoms with E-state index in [1.807, 2.05) is 36.4 Å². The number of hydrogen-bond acceptors (Lipinski definition) is 12. The number of benzene rings is 3. The molecule has 2 heterocycles. The number of fused-ring (bicyclic) bond motifs is 2. The van der Waals surface area contributed by atoms with Crippen molar-refractivity contribution in [3.63, 3.8) is 0 Å². The van der Waals surface area contributed by atoms with Crippen LogP contribution in [0, 0.1) is 37.5 Å². The van der Waals surface area contributed by atoms with E-state index in [2.05, 4.69) is 33.4 Å². The minimum atomic E-state index is -0.382. The van der Waals surface area contributed by atoms with Crippen molar-refractivity contribution in [1.82, 2.24) is 4.98 Å². The van der Waals surface area contributed by atoms with Gasteiger partial charge in [0, 0.05) is 11.5 Å². The maximum absolute atomic E-state index is 13.6. The van der Waals surface area contributed by atoms with Crippen LogP contribution < -0.4 is 19.2 Å². The largest absolute Gasteiger partial charge is 0.494 e. The second kappa shape index (κ2) is 21.1. The van der Waals surface area contributed by atoms with Gasteiger partial charge in [-0.1, -0.05) is 32.4 Å². The van der Waals surface area contributed by atoms with E-state index in [-0.39, 0.29) is 23.8 Å². The summed E-state index contributed by atoms with van der Waals surface area (Å²) in [5.41, 5.74) is 3.65. The van der Waals surface area contributed by atoms with Crippen LogP contribution in [0.15, 0.2) is 71.7 Å². The highest BCUT2D eigenvalue weighted by Crippen LogP contribution is 2.43. The predicted octanol–water partition coefficient (Wildman–Crippen LogP) is 11.9. The van der Waals surface area contributed by atoms with Crippen molar-refractivity contribution in [3.8, 4) is 33.8 Å². The highest BCUT2D eigenvalue weighted by Gasteiger charge is 2.30. The molecular formula is C48H57NO10S. The smallest absolute Gasteiger partial charge is 0.330 e. The SMILES string of the molecule is C=CC(=O)OCCCCCCOc1ccc(OOCC2CCC(C(=O)Oc3ccc(OOCC4CCC(C)CC4)c4nc(-c5cc6c(C)cc(C)cc6o5)sc34)CC2)cc1. The van der Waals surface area contributed by atoms with Crippen LogP contribution in [-0.2, 0) is 24.1 Å². The zero-order chi connectivity index (χ0) is 41.8. The van der Waals surface area contributed by atoms with Crippen molar-refractivity contribution in [1.29, 1.82) is 0 Å². The van der Waals surface area contributed by atoms with Crippen molar-refractivity contribution in [2.24, 2.45) is 23.7 Å². The van der Waals surface area contributed by atoms with Crippen LogP contribution in [0.3, 0.4) is 0 Å². The molecule has 2 aromatic heterocycles. The lowest BCUT2D eigenvalue weighted by Gasteiger charge is -2.26. The quantitative estimate of drug-likeness (QED) is 0.0186. The lowest BCUT2D eigenvalue weighted by molar-refractivity contribution is -0.218. The molecule has 5 aromatic rings. The number of aromatic nitrogens is 1. The van der Waals surface area contributed by atoms with Crippen LogP contribution in [0.5, 0.6) is 23.0 Å². The van der Waals surface area contributed by atoms with E-state index in [4.69, 9.17) is 43.2 Å². The number of aryl methyl sites for hydroxylation is 2. The van der Waals surface area contributed by atoms with Gasteiger partial charge in [0.25, 0.3) is 0 Å². The van der Waals surface area contributed by atoms with Crippen molar-refractivity contribution < 1.29 is 47.8 Å². The summed E-state index contributed by atoms with van der Waals surface area (Å²) in [5, 5.41) is 1.71. The Hall–Kier alpha value is -4.91. The first-order valence-corrected chi connectivity index (χ1v) is 22.3. The zero-order valence-electron chi connectivity index (χ0n) is 35.0. The number of hydrogen-bond donors (Lipinski definition) is 0. The van der Waals surface area contributed by atoms with Crippen molar-refractivity contribution >= 4 is 44.5 Å². The van der Waals surface area contributed by atoms with Crippen LogP contribution in [0.4, 0.5) is 0 Å². The molecule has 0 bridgehead atoms. The molecule has 11 nitrogen and oxygen atoms in total. The average Bonchev–Trinajstić information content (AvgIpc) is 3.90. The molecule has 0 aliphatic heterocycles. The summed E-state index contributed by atoms with van der Waals surface area (Å²) < 4.78 is 24.0. The van der Waals surface area contributed by atoms with Gasteiger partial charge in [-0.05, 0) is 155 Å². The average molecular weight is 840 g/mol. The number of carbonyl (C=O) groups excluding carboxylic acids is 2. The Morgan fingerprint density at radius 3 is 2.20 bits per heavy atom. The number of unbranched alkanes of at least 4 members (excludes halogenated alkanes) is 3. The van der Waals surface area contributed by atoms with Gasteiger partial charge < -0.3 is 28.4 Å². The topological polar surface area (TPSA) is 125 Å². The van der Waals surface area contributed by atoms with E-state index in [0.29, 0.717) is 83.4 Å². The van der Waals surface area contributed by atoms with Gasteiger partial charge in [-0.15, -0.1) is 11.3 Å². The molecule has 0 N–H and O–H groups in total. The van der Waals surface area contributed by atoms with Gasteiger partial charge in [-0.2, -0.15) is 9.78 Å². The molecule has 60 heavy (non-hydrogen) atoms. The molecular weight excluding hydrogens is 783 g/mol. The van der Waals surface area contributed by atoms with E-state index < -0.39 is 0 Å². The number of ether oxygens (including phenoxy) is 3. The van der Waals surface area contributed by atoms with Gasteiger partial charge in [0.2, 0.25) is 0 Å². The Morgan fingerprint density at radius 2 is 1.47 bits per heavy atom. The molecule has 2 aliphatic carbocycles. The Balaban J connectivity index is 0.888. The van der Waals surface area contributed by atoms with E-state index in [1.165, 1.54) is 30.3 Å². The predicted molar refractivity (Wildman–Crippen MR) is 231 cm³/mol. The summed E-state index contributed by atoms with van der Waals surface area (Å²) in [4.78, 5) is 52.6. The first-order chi connectivity index (χ1) is 29.2. The van der Waals surface area contributed by atoms with Crippen LogP contribution in [0.2, 0.25) is 0 Å². The Labute approximate surface area is 356 Å². The first-order valence-electron chi connectivity index (χ1n) is 21.5. The van der Waals surface area contributed by atoms with Gasteiger partial charge >= 0.3 is 11.9 Å². The molecule has 0 spiro atoms. The van der Waals surface area contributed by atoms with Gasteiger partial charge in [0.15, 0.2) is 28.0 Å². The molecule has 0 radical (unpaired) electrons. The first kappa shape index (κ1) is 43.2. The molecule has 2 aliphatic rings. The zero-order valence-corrected chi connectivity index (χ0v) is 35.9. The minimum absolute atomic E-state index is 0.224. The number of thiazole rings is 1. The van der Waals surface area contributed by atoms with Gasteiger partial charge in [0.1, 0.15) is 21.5 Å². The van der Waals surface area contributed by atoms with Gasteiger partial charge in [0.05, 0.1) is 32.3 Å². The summed E-state index contributed by atoms with van der Waals surface area (Å²) in [6, 6.07) is 17.1. The Bertz CT molecular complexity index is 2190. The number of carbonyl (C=O) groups is 2. The normalized spacial score (nSPS) is 19.2. The van der Waals surface area contributed by atoms with Crippen molar-refractivity contribution in [2.45, 2.75) is 97.8 Å².